The Bertz CT molecular complexity index is 290. The summed E-state index contributed by atoms with van der Waals surface area (Å²) in [6.45, 7) is 7.69. The number of hydrogen-bond acceptors (Lipinski definition) is 2. The Morgan fingerprint density at radius 1 is 1.35 bits per heavy atom. The van der Waals surface area contributed by atoms with Crippen molar-refractivity contribution < 1.29 is 4.74 Å². The van der Waals surface area contributed by atoms with Crippen LogP contribution >= 0.6 is 0 Å². The predicted molar refractivity (Wildman–Crippen MR) is 71.0 cm³/mol. The lowest BCUT2D eigenvalue weighted by molar-refractivity contribution is 0.114. The highest BCUT2D eigenvalue weighted by molar-refractivity contribution is 5.01. The van der Waals surface area contributed by atoms with Crippen molar-refractivity contribution in [2.75, 3.05) is 6.61 Å². The van der Waals surface area contributed by atoms with Gasteiger partial charge in [0.15, 0.2) is 0 Å². The number of hydrogen-bond donors (Lipinski definition) is 0. The zero-order chi connectivity index (χ0) is 12.5. The van der Waals surface area contributed by atoms with Crippen LogP contribution in [0.3, 0.4) is 0 Å². The Labute approximate surface area is 105 Å². The summed E-state index contributed by atoms with van der Waals surface area (Å²) in [4.78, 5) is 0. The molecular formula is C14H26N2O. The van der Waals surface area contributed by atoms with Gasteiger partial charge in [0.05, 0.1) is 18.3 Å². The second kappa shape index (κ2) is 8.29. The summed E-state index contributed by atoms with van der Waals surface area (Å²) in [6, 6.07) is 2.70. The van der Waals surface area contributed by atoms with Crippen molar-refractivity contribution in [1.82, 2.24) is 9.78 Å². The summed E-state index contributed by atoms with van der Waals surface area (Å²) < 4.78 is 7.74. The standard InChI is InChI=1S/C12H20N2O.C2H6/c1-2-9-15-10-12-7-8-13-14(12)11-5-3-4-6-11;1-2/h7-8,11H,2-6,9-10H2,1H3;1-2H3. The van der Waals surface area contributed by atoms with Crippen molar-refractivity contribution in [3.63, 3.8) is 0 Å². The Kier molecular flexibility index (Phi) is 6.94. The molecule has 1 aliphatic carbocycles. The molecule has 0 N–H and O–H groups in total. The van der Waals surface area contributed by atoms with Gasteiger partial charge in [-0.3, -0.25) is 4.68 Å². The number of aromatic nitrogens is 2. The molecule has 1 aromatic heterocycles. The summed E-state index contributed by atoms with van der Waals surface area (Å²) in [5.41, 5.74) is 1.23. The minimum absolute atomic E-state index is 0.625. The van der Waals surface area contributed by atoms with Crippen LogP contribution in [-0.2, 0) is 11.3 Å². The zero-order valence-corrected chi connectivity index (χ0v) is 11.5. The summed E-state index contributed by atoms with van der Waals surface area (Å²) in [7, 11) is 0. The number of ether oxygens (including phenoxy) is 1. The molecule has 0 saturated heterocycles. The minimum Gasteiger partial charge on any atom is -0.375 e. The smallest absolute Gasteiger partial charge is 0.0884 e. The first-order valence-electron chi connectivity index (χ1n) is 7.02. The molecule has 0 bridgehead atoms. The van der Waals surface area contributed by atoms with Crippen molar-refractivity contribution in [1.29, 1.82) is 0 Å². The Morgan fingerprint density at radius 2 is 2.06 bits per heavy atom. The van der Waals surface area contributed by atoms with E-state index in [0.717, 1.165) is 13.0 Å². The van der Waals surface area contributed by atoms with E-state index in [1.807, 2.05) is 20.0 Å². The number of nitrogens with zero attached hydrogens (tertiary/aromatic N) is 2. The fourth-order valence-corrected chi connectivity index (χ4v) is 2.25. The molecule has 1 fully saturated rings. The van der Waals surface area contributed by atoms with Crippen LogP contribution in [0.1, 0.15) is 64.6 Å². The van der Waals surface area contributed by atoms with Gasteiger partial charge in [-0.25, -0.2) is 0 Å². The largest absolute Gasteiger partial charge is 0.375 e. The van der Waals surface area contributed by atoms with Crippen LogP contribution in [0.2, 0.25) is 0 Å². The maximum Gasteiger partial charge on any atom is 0.0884 e. The maximum atomic E-state index is 5.57. The molecule has 1 aliphatic rings. The summed E-state index contributed by atoms with van der Waals surface area (Å²) >= 11 is 0. The fourth-order valence-electron chi connectivity index (χ4n) is 2.25. The van der Waals surface area contributed by atoms with Gasteiger partial charge in [0, 0.05) is 12.8 Å². The highest BCUT2D eigenvalue weighted by Gasteiger charge is 2.19. The van der Waals surface area contributed by atoms with Gasteiger partial charge < -0.3 is 4.74 Å². The van der Waals surface area contributed by atoms with Crippen molar-refractivity contribution in [3.05, 3.63) is 18.0 Å². The first-order chi connectivity index (χ1) is 8.42. The first-order valence-corrected chi connectivity index (χ1v) is 7.02. The molecule has 0 radical (unpaired) electrons. The molecule has 17 heavy (non-hydrogen) atoms. The Morgan fingerprint density at radius 3 is 2.71 bits per heavy atom. The van der Waals surface area contributed by atoms with Crippen LogP contribution in [0, 0.1) is 0 Å². The first kappa shape index (κ1) is 14.2. The second-order valence-electron chi connectivity index (χ2n) is 4.26. The van der Waals surface area contributed by atoms with Crippen molar-refractivity contribution in [3.8, 4) is 0 Å². The summed E-state index contributed by atoms with van der Waals surface area (Å²) in [6.07, 6.45) is 8.23. The Balaban J connectivity index is 0.000000686. The van der Waals surface area contributed by atoms with Gasteiger partial charge in [-0.2, -0.15) is 5.10 Å². The SMILES string of the molecule is CC.CCCOCc1ccnn1C1CCCC1. The molecule has 1 saturated carbocycles. The molecule has 0 spiro atoms. The molecule has 0 aliphatic heterocycles. The molecule has 0 amide bonds. The van der Waals surface area contributed by atoms with Gasteiger partial charge in [-0.05, 0) is 25.3 Å². The van der Waals surface area contributed by atoms with Crippen molar-refractivity contribution in [2.45, 2.75) is 65.5 Å². The molecule has 1 heterocycles. The van der Waals surface area contributed by atoms with Gasteiger partial charge in [-0.15, -0.1) is 0 Å². The average molecular weight is 238 g/mol. The molecule has 1 aromatic rings. The van der Waals surface area contributed by atoms with Crippen molar-refractivity contribution >= 4 is 0 Å². The van der Waals surface area contributed by atoms with Crippen LogP contribution in [0.5, 0.6) is 0 Å². The lowest BCUT2D eigenvalue weighted by Gasteiger charge is -2.14. The predicted octanol–water partition coefficient (Wildman–Crippen LogP) is 3.95. The van der Waals surface area contributed by atoms with Gasteiger partial charge in [0.1, 0.15) is 0 Å². The molecule has 0 atom stereocenters. The van der Waals surface area contributed by atoms with Crippen LogP contribution in [0.4, 0.5) is 0 Å². The zero-order valence-electron chi connectivity index (χ0n) is 11.5. The van der Waals surface area contributed by atoms with Crippen LogP contribution < -0.4 is 0 Å². The third kappa shape index (κ3) is 4.15. The van der Waals surface area contributed by atoms with E-state index >= 15 is 0 Å². The highest BCUT2D eigenvalue weighted by Crippen LogP contribution is 2.29. The van der Waals surface area contributed by atoms with E-state index in [4.69, 9.17) is 4.74 Å². The summed E-state index contributed by atoms with van der Waals surface area (Å²) in [5, 5.41) is 4.41. The third-order valence-electron chi connectivity index (χ3n) is 3.02. The quantitative estimate of drug-likeness (QED) is 0.726. The van der Waals surface area contributed by atoms with E-state index in [0.29, 0.717) is 12.6 Å². The lowest BCUT2D eigenvalue weighted by atomic mass is 10.2. The molecule has 3 nitrogen and oxygen atoms in total. The Hall–Kier alpha value is -0.830. The average Bonchev–Trinajstić information content (AvgIpc) is 3.02. The topological polar surface area (TPSA) is 27.1 Å². The molecule has 98 valence electrons. The summed E-state index contributed by atoms with van der Waals surface area (Å²) in [5.74, 6) is 0. The number of rotatable bonds is 5. The monoisotopic (exact) mass is 238 g/mol. The lowest BCUT2D eigenvalue weighted by Crippen LogP contribution is -2.11. The van der Waals surface area contributed by atoms with Crippen molar-refractivity contribution in [2.24, 2.45) is 0 Å². The van der Waals surface area contributed by atoms with E-state index in [1.54, 1.807) is 0 Å². The van der Waals surface area contributed by atoms with E-state index in [9.17, 15) is 0 Å². The normalized spacial score (nSPS) is 15.7. The molecule has 0 aromatic carbocycles. The minimum atomic E-state index is 0.625. The molecule has 3 heteroatoms. The third-order valence-corrected chi connectivity index (χ3v) is 3.02. The fraction of sp³-hybridized carbons (Fsp3) is 0.786. The molecule has 0 unspecified atom stereocenters. The van der Waals surface area contributed by atoms with Gasteiger partial charge in [0.25, 0.3) is 0 Å². The van der Waals surface area contributed by atoms with Gasteiger partial charge >= 0.3 is 0 Å². The maximum absolute atomic E-state index is 5.57. The van der Waals surface area contributed by atoms with E-state index in [2.05, 4.69) is 22.8 Å². The van der Waals surface area contributed by atoms with Gasteiger partial charge in [-0.1, -0.05) is 33.6 Å². The van der Waals surface area contributed by atoms with Crippen LogP contribution in [0.15, 0.2) is 12.3 Å². The van der Waals surface area contributed by atoms with E-state index in [-0.39, 0.29) is 0 Å². The van der Waals surface area contributed by atoms with E-state index < -0.39 is 0 Å². The molecular weight excluding hydrogens is 212 g/mol. The second-order valence-corrected chi connectivity index (χ2v) is 4.26. The van der Waals surface area contributed by atoms with Gasteiger partial charge in [0.2, 0.25) is 0 Å². The van der Waals surface area contributed by atoms with Crippen LogP contribution in [0.25, 0.3) is 0 Å². The molecule has 2 rings (SSSR count). The van der Waals surface area contributed by atoms with Crippen LogP contribution in [-0.4, -0.2) is 16.4 Å². The van der Waals surface area contributed by atoms with E-state index in [1.165, 1.54) is 31.4 Å². The highest BCUT2D eigenvalue weighted by atomic mass is 16.5.